The van der Waals surface area contributed by atoms with Gasteiger partial charge in [-0.15, -0.1) is 0 Å². The van der Waals surface area contributed by atoms with Crippen LogP contribution in [0.15, 0.2) is 12.2 Å². The quantitative estimate of drug-likeness (QED) is 0.0712. The maximum absolute atomic E-state index is 10.3. The lowest BCUT2D eigenvalue weighted by Crippen LogP contribution is -2.12. The SMILES string of the molecule is CCCCCCCCC=CCCCCCCCC(=O)O.CCCCCCCCCCCCCCCCN(C)C. The van der Waals surface area contributed by atoms with E-state index in [2.05, 4.69) is 45.0 Å². The summed E-state index contributed by atoms with van der Waals surface area (Å²) in [4.78, 5) is 12.6. The number of allylic oxidation sites excluding steroid dienone is 2. The molecular weight excluding hydrogens is 478 g/mol. The van der Waals surface area contributed by atoms with Gasteiger partial charge in [0, 0.05) is 6.42 Å². The highest BCUT2D eigenvalue weighted by atomic mass is 16.4. The molecule has 0 aromatic carbocycles. The maximum Gasteiger partial charge on any atom is 0.303 e. The molecule has 0 bridgehead atoms. The fourth-order valence-corrected chi connectivity index (χ4v) is 4.97. The second-order valence-corrected chi connectivity index (χ2v) is 12.1. The second-order valence-electron chi connectivity index (χ2n) is 12.1. The molecule has 0 unspecified atom stereocenters. The van der Waals surface area contributed by atoms with E-state index in [1.54, 1.807) is 0 Å². The Labute approximate surface area is 247 Å². The predicted octanol–water partition coefficient (Wildman–Crippen LogP) is 12.1. The summed E-state index contributed by atoms with van der Waals surface area (Å²) in [5.41, 5.74) is 0. The highest BCUT2D eigenvalue weighted by molar-refractivity contribution is 5.66. The summed E-state index contributed by atoms with van der Waals surface area (Å²) in [6.45, 7) is 5.81. The van der Waals surface area contributed by atoms with Crippen molar-refractivity contribution in [3.05, 3.63) is 12.2 Å². The molecule has 0 aliphatic rings. The van der Waals surface area contributed by atoms with Crippen molar-refractivity contribution in [2.75, 3.05) is 20.6 Å². The Morgan fingerprint density at radius 1 is 0.487 bits per heavy atom. The van der Waals surface area contributed by atoms with Gasteiger partial charge in [-0.25, -0.2) is 0 Å². The van der Waals surface area contributed by atoms with Crippen LogP contribution < -0.4 is 0 Å². The molecule has 0 aliphatic carbocycles. The number of carboxylic acids is 1. The zero-order valence-electron chi connectivity index (χ0n) is 27.5. The van der Waals surface area contributed by atoms with Crippen molar-refractivity contribution in [1.29, 1.82) is 0 Å². The Bertz CT molecular complexity index is 475. The van der Waals surface area contributed by atoms with Crippen LogP contribution in [-0.4, -0.2) is 36.6 Å². The molecule has 0 heterocycles. The molecule has 0 amide bonds. The average Bonchev–Trinajstić information content (AvgIpc) is 2.91. The van der Waals surface area contributed by atoms with Crippen molar-refractivity contribution in [1.82, 2.24) is 4.90 Å². The number of rotatable bonds is 30. The van der Waals surface area contributed by atoms with E-state index >= 15 is 0 Å². The summed E-state index contributed by atoms with van der Waals surface area (Å²) >= 11 is 0. The molecule has 0 aromatic rings. The van der Waals surface area contributed by atoms with Gasteiger partial charge < -0.3 is 10.0 Å². The molecule has 0 saturated heterocycles. The van der Waals surface area contributed by atoms with Gasteiger partial charge in [0.25, 0.3) is 0 Å². The van der Waals surface area contributed by atoms with Gasteiger partial charge in [0.05, 0.1) is 0 Å². The minimum absolute atomic E-state index is 0.332. The van der Waals surface area contributed by atoms with Crippen LogP contribution in [-0.2, 0) is 4.79 Å². The summed E-state index contributed by atoms with van der Waals surface area (Å²) in [5.74, 6) is -0.664. The lowest BCUT2D eigenvalue weighted by atomic mass is 10.0. The summed E-state index contributed by atoms with van der Waals surface area (Å²) < 4.78 is 0. The summed E-state index contributed by atoms with van der Waals surface area (Å²) in [6.07, 6.45) is 41.6. The van der Waals surface area contributed by atoms with E-state index in [-0.39, 0.29) is 0 Å². The molecule has 0 radical (unpaired) electrons. The first-order valence-electron chi connectivity index (χ1n) is 17.6. The fraction of sp³-hybridized carbons (Fsp3) is 0.917. The Kier molecular flexibility index (Phi) is 38.4. The van der Waals surface area contributed by atoms with Crippen LogP contribution in [0.25, 0.3) is 0 Å². The number of hydrogen-bond donors (Lipinski definition) is 1. The van der Waals surface area contributed by atoms with Crippen LogP contribution in [0, 0.1) is 0 Å². The molecule has 1 N–H and O–H groups in total. The first kappa shape index (κ1) is 40.3. The number of nitrogens with zero attached hydrogens (tertiary/aromatic N) is 1. The van der Waals surface area contributed by atoms with E-state index in [1.807, 2.05) is 0 Å². The molecule has 234 valence electrons. The van der Waals surface area contributed by atoms with E-state index in [0.717, 1.165) is 12.8 Å². The largest absolute Gasteiger partial charge is 0.481 e. The fourth-order valence-electron chi connectivity index (χ4n) is 4.97. The van der Waals surface area contributed by atoms with Gasteiger partial charge in [0.15, 0.2) is 0 Å². The molecule has 3 nitrogen and oxygen atoms in total. The van der Waals surface area contributed by atoms with E-state index in [9.17, 15) is 4.79 Å². The standard InChI is InChI=1S/C18H39N.C18H34O2/c1-4-5-6-7-8-9-10-11-12-13-14-15-16-17-18-19(2)3;1-2-3-4-5-6-7-8-9-10-11-12-13-14-15-16-17-18(19)20/h4-18H2,1-3H3;9-10H,2-8,11-17H2,1H3,(H,19,20). The van der Waals surface area contributed by atoms with Crippen molar-refractivity contribution in [3.63, 3.8) is 0 Å². The van der Waals surface area contributed by atoms with Crippen molar-refractivity contribution in [2.24, 2.45) is 0 Å². The number of carbonyl (C=O) groups is 1. The first-order valence-corrected chi connectivity index (χ1v) is 17.6. The predicted molar refractivity (Wildman–Crippen MR) is 176 cm³/mol. The van der Waals surface area contributed by atoms with Crippen LogP contribution in [0.4, 0.5) is 0 Å². The zero-order valence-corrected chi connectivity index (χ0v) is 27.5. The summed E-state index contributed by atoms with van der Waals surface area (Å²) in [7, 11) is 4.34. The van der Waals surface area contributed by atoms with Crippen molar-refractivity contribution in [2.45, 2.75) is 194 Å². The van der Waals surface area contributed by atoms with Gasteiger partial charge in [-0.3, -0.25) is 4.79 Å². The minimum Gasteiger partial charge on any atom is -0.481 e. The molecule has 0 rings (SSSR count). The first-order chi connectivity index (χ1) is 19.0. The molecule has 39 heavy (non-hydrogen) atoms. The number of carboxylic acid groups (broad SMARTS) is 1. The van der Waals surface area contributed by atoms with Crippen LogP contribution in [0.1, 0.15) is 194 Å². The Morgan fingerprint density at radius 2 is 0.795 bits per heavy atom. The Balaban J connectivity index is 0. The van der Waals surface area contributed by atoms with E-state index in [4.69, 9.17) is 5.11 Å². The van der Waals surface area contributed by atoms with Crippen LogP contribution in [0.2, 0.25) is 0 Å². The van der Waals surface area contributed by atoms with Gasteiger partial charge in [0.2, 0.25) is 0 Å². The Hall–Kier alpha value is -0.830. The lowest BCUT2D eigenvalue weighted by molar-refractivity contribution is -0.137. The average molecular weight is 552 g/mol. The molecule has 0 aliphatic heterocycles. The van der Waals surface area contributed by atoms with E-state index in [0.29, 0.717) is 6.42 Å². The molecular formula is C36H73NO2. The topological polar surface area (TPSA) is 40.5 Å². The Morgan fingerprint density at radius 3 is 1.13 bits per heavy atom. The minimum atomic E-state index is -0.664. The highest BCUT2D eigenvalue weighted by Crippen LogP contribution is 2.13. The monoisotopic (exact) mass is 552 g/mol. The van der Waals surface area contributed by atoms with E-state index in [1.165, 1.54) is 167 Å². The molecule has 0 aromatic heterocycles. The second kappa shape index (κ2) is 37.2. The summed E-state index contributed by atoms with van der Waals surface area (Å²) in [6, 6.07) is 0. The van der Waals surface area contributed by atoms with Crippen molar-refractivity contribution in [3.8, 4) is 0 Å². The molecule has 0 atom stereocenters. The van der Waals surface area contributed by atoms with Crippen LogP contribution >= 0.6 is 0 Å². The van der Waals surface area contributed by atoms with Crippen molar-refractivity contribution >= 4 is 5.97 Å². The highest BCUT2D eigenvalue weighted by Gasteiger charge is 1.96. The number of unbranched alkanes of at least 4 members (excludes halogenated alkanes) is 24. The van der Waals surface area contributed by atoms with Gasteiger partial charge >= 0.3 is 5.97 Å². The molecule has 0 spiro atoms. The molecule has 0 saturated carbocycles. The third kappa shape index (κ3) is 44.4. The van der Waals surface area contributed by atoms with Gasteiger partial charge in [-0.05, 0) is 59.2 Å². The summed E-state index contributed by atoms with van der Waals surface area (Å²) in [5, 5.41) is 8.51. The van der Waals surface area contributed by atoms with Gasteiger partial charge in [-0.1, -0.05) is 161 Å². The van der Waals surface area contributed by atoms with Crippen LogP contribution in [0.5, 0.6) is 0 Å². The van der Waals surface area contributed by atoms with Gasteiger partial charge in [-0.2, -0.15) is 0 Å². The maximum atomic E-state index is 10.3. The van der Waals surface area contributed by atoms with E-state index < -0.39 is 5.97 Å². The molecule has 0 fully saturated rings. The number of aliphatic carboxylic acids is 1. The normalized spacial score (nSPS) is 11.3. The van der Waals surface area contributed by atoms with Crippen molar-refractivity contribution < 1.29 is 9.90 Å². The van der Waals surface area contributed by atoms with Gasteiger partial charge in [0.1, 0.15) is 0 Å². The number of hydrogen-bond acceptors (Lipinski definition) is 2. The zero-order chi connectivity index (χ0) is 29.1. The van der Waals surface area contributed by atoms with Crippen LogP contribution in [0.3, 0.4) is 0 Å². The third-order valence-corrected chi connectivity index (χ3v) is 7.61. The third-order valence-electron chi connectivity index (χ3n) is 7.61. The lowest BCUT2D eigenvalue weighted by Gasteiger charge is -2.08. The smallest absolute Gasteiger partial charge is 0.303 e. The molecule has 3 heteroatoms.